The first-order valence-corrected chi connectivity index (χ1v) is 9.00. The molecule has 3 aromatic heterocycles. The Morgan fingerprint density at radius 3 is 2.62 bits per heavy atom. The third kappa shape index (κ3) is 2.46. The average Bonchev–Trinajstić information content (AvgIpc) is 2.91. The summed E-state index contributed by atoms with van der Waals surface area (Å²) in [7, 11) is 0. The second-order valence-electron chi connectivity index (χ2n) is 6.39. The van der Waals surface area contributed by atoms with Crippen molar-refractivity contribution in [3.05, 3.63) is 46.9 Å². The molecule has 0 aliphatic carbocycles. The quantitative estimate of drug-likeness (QED) is 0.776. The van der Waals surface area contributed by atoms with Crippen molar-refractivity contribution in [1.82, 2.24) is 15.0 Å². The largest absolute Gasteiger partial charge is 0.383 e. The molecule has 24 heavy (non-hydrogen) atoms. The van der Waals surface area contributed by atoms with Gasteiger partial charge in [0.05, 0.1) is 11.1 Å². The van der Waals surface area contributed by atoms with E-state index in [1.807, 2.05) is 18.2 Å². The molecule has 1 aliphatic heterocycles. The smallest absolute Gasteiger partial charge is 0.141 e. The molecular weight excluding hydrogens is 320 g/mol. The minimum Gasteiger partial charge on any atom is -0.383 e. The van der Waals surface area contributed by atoms with Gasteiger partial charge < -0.3 is 10.0 Å². The Morgan fingerprint density at radius 2 is 1.92 bits per heavy atom. The van der Waals surface area contributed by atoms with Gasteiger partial charge >= 0.3 is 0 Å². The van der Waals surface area contributed by atoms with Crippen LogP contribution in [-0.2, 0) is 5.60 Å². The van der Waals surface area contributed by atoms with E-state index in [0.717, 1.165) is 34.8 Å². The normalized spacial score (nSPS) is 17.4. The van der Waals surface area contributed by atoms with Crippen LogP contribution >= 0.6 is 11.3 Å². The van der Waals surface area contributed by atoms with E-state index in [0.29, 0.717) is 12.8 Å². The summed E-state index contributed by atoms with van der Waals surface area (Å²) in [6.45, 7) is 5.78. The standard InChI is InChI=1S/C18H20N4OS/c1-12-13(2)24-17-15(12)16(20-11-21-17)22-9-6-18(23,7-10-22)14-5-3-4-8-19-14/h3-5,8,11,23H,6-7,9-10H2,1-2H3. The molecule has 1 aliphatic rings. The molecule has 0 unspecified atom stereocenters. The van der Waals surface area contributed by atoms with Crippen molar-refractivity contribution in [2.75, 3.05) is 18.0 Å². The van der Waals surface area contributed by atoms with E-state index in [-0.39, 0.29) is 0 Å². The highest BCUT2D eigenvalue weighted by Gasteiger charge is 2.36. The fourth-order valence-corrected chi connectivity index (χ4v) is 4.38. The lowest BCUT2D eigenvalue weighted by Crippen LogP contribution is -2.43. The molecule has 5 nitrogen and oxygen atoms in total. The first kappa shape index (κ1) is 15.5. The Morgan fingerprint density at radius 1 is 1.12 bits per heavy atom. The number of fused-ring (bicyclic) bond motifs is 1. The Hall–Kier alpha value is -2.05. The maximum atomic E-state index is 11.0. The van der Waals surface area contributed by atoms with Gasteiger partial charge in [-0.3, -0.25) is 4.98 Å². The zero-order valence-corrected chi connectivity index (χ0v) is 14.7. The summed E-state index contributed by atoms with van der Waals surface area (Å²) in [5.74, 6) is 0.991. The van der Waals surface area contributed by atoms with Gasteiger partial charge in [-0.25, -0.2) is 9.97 Å². The molecule has 1 saturated heterocycles. The maximum Gasteiger partial charge on any atom is 0.141 e. The molecule has 1 fully saturated rings. The predicted octanol–water partition coefficient (Wildman–Crippen LogP) is 3.19. The van der Waals surface area contributed by atoms with E-state index in [1.165, 1.54) is 10.4 Å². The highest BCUT2D eigenvalue weighted by molar-refractivity contribution is 7.18. The van der Waals surface area contributed by atoms with Crippen LogP contribution in [0, 0.1) is 13.8 Å². The van der Waals surface area contributed by atoms with E-state index in [9.17, 15) is 5.11 Å². The van der Waals surface area contributed by atoms with Crippen LogP contribution in [0.15, 0.2) is 30.7 Å². The summed E-state index contributed by atoms with van der Waals surface area (Å²) in [4.78, 5) is 17.9. The number of aliphatic hydroxyl groups is 1. The van der Waals surface area contributed by atoms with Gasteiger partial charge in [0.1, 0.15) is 22.6 Å². The lowest BCUT2D eigenvalue weighted by atomic mass is 9.87. The van der Waals surface area contributed by atoms with Gasteiger partial charge in [-0.1, -0.05) is 6.07 Å². The lowest BCUT2D eigenvalue weighted by Gasteiger charge is -2.38. The number of rotatable bonds is 2. The molecule has 0 spiro atoms. The van der Waals surface area contributed by atoms with Crippen LogP contribution in [0.2, 0.25) is 0 Å². The third-order valence-corrected chi connectivity index (χ3v) is 6.09. The average molecular weight is 340 g/mol. The number of hydrogen-bond acceptors (Lipinski definition) is 6. The highest BCUT2D eigenvalue weighted by atomic mass is 32.1. The Balaban J connectivity index is 1.63. The van der Waals surface area contributed by atoms with Crippen molar-refractivity contribution < 1.29 is 5.11 Å². The molecule has 0 aromatic carbocycles. The molecule has 1 N–H and O–H groups in total. The maximum absolute atomic E-state index is 11.0. The van der Waals surface area contributed by atoms with Crippen LogP contribution in [0.5, 0.6) is 0 Å². The fourth-order valence-electron chi connectivity index (χ4n) is 3.39. The minimum absolute atomic E-state index is 0.650. The number of aryl methyl sites for hydroxylation is 2. The molecule has 0 bridgehead atoms. The first-order chi connectivity index (χ1) is 11.6. The van der Waals surface area contributed by atoms with Crippen molar-refractivity contribution in [2.24, 2.45) is 0 Å². The zero-order chi connectivity index (χ0) is 16.7. The topological polar surface area (TPSA) is 62.1 Å². The Kier molecular flexibility index (Phi) is 3.73. The second-order valence-corrected chi connectivity index (χ2v) is 7.60. The molecule has 6 heteroatoms. The highest BCUT2D eigenvalue weighted by Crippen LogP contribution is 2.38. The summed E-state index contributed by atoms with van der Waals surface area (Å²) in [6.07, 6.45) is 4.69. The Labute approximate surface area is 145 Å². The van der Waals surface area contributed by atoms with Crippen molar-refractivity contribution in [2.45, 2.75) is 32.3 Å². The molecule has 0 atom stereocenters. The number of hydrogen-bond donors (Lipinski definition) is 1. The van der Waals surface area contributed by atoms with E-state index in [2.05, 4.69) is 33.7 Å². The van der Waals surface area contributed by atoms with E-state index < -0.39 is 5.60 Å². The van der Waals surface area contributed by atoms with Gasteiger partial charge in [-0.2, -0.15) is 0 Å². The zero-order valence-electron chi connectivity index (χ0n) is 13.9. The van der Waals surface area contributed by atoms with Crippen molar-refractivity contribution in [3.63, 3.8) is 0 Å². The third-order valence-electron chi connectivity index (χ3n) is 4.98. The molecule has 4 rings (SSSR count). The lowest BCUT2D eigenvalue weighted by molar-refractivity contribution is 0.00754. The molecule has 0 radical (unpaired) electrons. The van der Waals surface area contributed by atoms with Gasteiger partial charge in [-0.15, -0.1) is 11.3 Å². The van der Waals surface area contributed by atoms with Crippen molar-refractivity contribution in [1.29, 1.82) is 0 Å². The summed E-state index contributed by atoms with van der Waals surface area (Å²) in [5, 5.41) is 12.1. The monoisotopic (exact) mass is 340 g/mol. The number of piperidine rings is 1. The number of thiophene rings is 1. The van der Waals surface area contributed by atoms with Gasteiger partial charge in [-0.05, 0) is 44.4 Å². The molecule has 0 amide bonds. The van der Waals surface area contributed by atoms with Gasteiger partial charge in [0.25, 0.3) is 0 Å². The number of anilines is 1. The summed E-state index contributed by atoms with van der Waals surface area (Å²) >= 11 is 1.72. The number of nitrogens with zero attached hydrogens (tertiary/aromatic N) is 4. The first-order valence-electron chi connectivity index (χ1n) is 8.18. The molecule has 0 saturated carbocycles. The van der Waals surface area contributed by atoms with Crippen LogP contribution in [0.25, 0.3) is 10.2 Å². The van der Waals surface area contributed by atoms with Gasteiger partial charge in [0.15, 0.2) is 0 Å². The summed E-state index contributed by atoms with van der Waals surface area (Å²) in [6, 6.07) is 5.71. The molecule has 4 heterocycles. The second kappa shape index (κ2) is 5.79. The van der Waals surface area contributed by atoms with E-state index >= 15 is 0 Å². The minimum atomic E-state index is -0.844. The molecule has 124 valence electrons. The van der Waals surface area contributed by atoms with Crippen LogP contribution in [-0.4, -0.2) is 33.1 Å². The van der Waals surface area contributed by atoms with Crippen LogP contribution < -0.4 is 4.90 Å². The Bertz CT molecular complexity index is 869. The van der Waals surface area contributed by atoms with Crippen molar-refractivity contribution in [3.8, 4) is 0 Å². The number of pyridine rings is 1. The van der Waals surface area contributed by atoms with E-state index in [1.54, 1.807) is 23.9 Å². The predicted molar refractivity (Wildman–Crippen MR) is 96.5 cm³/mol. The molecular formula is C18H20N4OS. The van der Waals surface area contributed by atoms with Gasteiger partial charge in [0.2, 0.25) is 0 Å². The van der Waals surface area contributed by atoms with Crippen molar-refractivity contribution >= 4 is 27.4 Å². The number of aromatic nitrogens is 3. The fraction of sp³-hybridized carbons (Fsp3) is 0.389. The van der Waals surface area contributed by atoms with Crippen LogP contribution in [0.1, 0.15) is 29.0 Å². The van der Waals surface area contributed by atoms with Crippen LogP contribution in [0.3, 0.4) is 0 Å². The SMILES string of the molecule is Cc1sc2ncnc(N3CCC(O)(c4ccccn4)CC3)c2c1C. The van der Waals surface area contributed by atoms with Gasteiger partial charge in [0, 0.05) is 24.2 Å². The summed E-state index contributed by atoms with van der Waals surface area (Å²) < 4.78 is 0. The van der Waals surface area contributed by atoms with Crippen LogP contribution in [0.4, 0.5) is 5.82 Å². The molecule has 3 aromatic rings. The summed E-state index contributed by atoms with van der Waals surface area (Å²) in [5.41, 5.74) is 1.18. The van der Waals surface area contributed by atoms with E-state index in [4.69, 9.17) is 0 Å².